The Balaban J connectivity index is 1.21. The summed E-state index contributed by atoms with van der Waals surface area (Å²) in [6, 6.07) is 19.1. The highest BCUT2D eigenvalue weighted by molar-refractivity contribution is 6.03. The van der Waals surface area contributed by atoms with Crippen LogP contribution in [0, 0.1) is 0 Å². The van der Waals surface area contributed by atoms with E-state index in [0.29, 0.717) is 16.8 Å². The highest BCUT2D eigenvalue weighted by atomic mass is 16.2. The molecule has 0 atom stereocenters. The summed E-state index contributed by atoms with van der Waals surface area (Å²) in [5, 5.41) is 10.2. The van der Waals surface area contributed by atoms with Gasteiger partial charge in [0.25, 0.3) is 11.8 Å². The van der Waals surface area contributed by atoms with Crippen LogP contribution in [-0.2, 0) is 12.8 Å². The van der Waals surface area contributed by atoms with Crippen LogP contribution in [-0.4, -0.2) is 32.6 Å². The van der Waals surface area contributed by atoms with Gasteiger partial charge in [0.2, 0.25) is 0 Å². The summed E-state index contributed by atoms with van der Waals surface area (Å²) in [6.07, 6.45) is 8.15. The zero-order chi connectivity index (χ0) is 21.9. The zero-order valence-electron chi connectivity index (χ0n) is 17.2. The molecule has 0 fully saturated rings. The van der Waals surface area contributed by atoms with Gasteiger partial charge in [-0.3, -0.25) is 14.6 Å². The number of anilines is 1. The van der Waals surface area contributed by atoms with Crippen LogP contribution >= 0.6 is 0 Å². The number of pyridine rings is 1. The van der Waals surface area contributed by atoms with Gasteiger partial charge >= 0.3 is 0 Å². The van der Waals surface area contributed by atoms with E-state index in [9.17, 15) is 9.59 Å². The van der Waals surface area contributed by atoms with Crippen LogP contribution in [0.3, 0.4) is 0 Å². The third-order valence-corrected chi connectivity index (χ3v) is 5.54. The number of rotatable bonds is 5. The lowest BCUT2D eigenvalue weighted by Gasteiger charge is -2.12. The van der Waals surface area contributed by atoms with Crippen LogP contribution in [0.5, 0.6) is 0 Å². The Bertz CT molecular complexity index is 1240. The molecule has 2 amide bonds. The fourth-order valence-corrected chi connectivity index (χ4v) is 3.92. The molecular weight excluding hydrogens is 402 g/mol. The van der Waals surface area contributed by atoms with Crippen LogP contribution < -0.4 is 10.6 Å². The van der Waals surface area contributed by atoms with Crippen molar-refractivity contribution in [2.45, 2.75) is 18.9 Å². The fourth-order valence-electron chi connectivity index (χ4n) is 3.92. The molecule has 158 valence electrons. The van der Waals surface area contributed by atoms with Gasteiger partial charge in [-0.25, -0.2) is 4.68 Å². The van der Waals surface area contributed by atoms with E-state index in [2.05, 4.69) is 32.8 Å². The minimum atomic E-state index is -0.251. The predicted octanol–water partition coefficient (Wildman–Crippen LogP) is 3.42. The molecule has 1 aliphatic carbocycles. The SMILES string of the molecule is O=C(Nc1cnn(-c2ccc(C(=O)NC3Cc4ccccc4C3)cc2)c1)c1cccnc1. The van der Waals surface area contributed by atoms with Crippen molar-refractivity contribution in [3.05, 3.63) is 108 Å². The average molecular weight is 423 g/mol. The van der Waals surface area contributed by atoms with Crippen molar-refractivity contribution in [3.63, 3.8) is 0 Å². The second-order valence-corrected chi connectivity index (χ2v) is 7.76. The van der Waals surface area contributed by atoms with Crippen molar-refractivity contribution in [2.75, 3.05) is 5.32 Å². The number of carbonyl (C=O) groups is 2. The van der Waals surface area contributed by atoms with E-state index in [1.165, 1.54) is 17.3 Å². The molecular formula is C25H21N5O2. The minimum absolute atomic E-state index is 0.0840. The molecule has 2 aromatic heterocycles. The smallest absolute Gasteiger partial charge is 0.257 e. The van der Waals surface area contributed by atoms with Gasteiger partial charge in [0, 0.05) is 24.0 Å². The van der Waals surface area contributed by atoms with Gasteiger partial charge in [-0.15, -0.1) is 0 Å². The lowest BCUT2D eigenvalue weighted by molar-refractivity contribution is 0.0938. The molecule has 2 aromatic carbocycles. The lowest BCUT2D eigenvalue weighted by atomic mass is 10.1. The summed E-state index contributed by atoms with van der Waals surface area (Å²) in [7, 11) is 0. The third kappa shape index (κ3) is 4.13. The molecule has 1 aliphatic rings. The van der Waals surface area contributed by atoms with E-state index < -0.39 is 0 Å². The van der Waals surface area contributed by atoms with Crippen LogP contribution in [0.4, 0.5) is 5.69 Å². The maximum absolute atomic E-state index is 12.7. The van der Waals surface area contributed by atoms with Crippen molar-refractivity contribution >= 4 is 17.5 Å². The first-order valence-corrected chi connectivity index (χ1v) is 10.4. The molecule has 5 rings (SSSR count). The third-order valence-electron chi connectivity index (χ3n) is 5.54. The topological polar surface area (TPSA) is 88.9 Å². The molecule has 0 spiro atoms. The van der Waals surface area contributed by atoms with E-state index >= 15 is 0 Å². The first kappa shape index (κ1) is 19.7. The Labute approximate surface area is 185 Å². The standard InChI is InChI=1S/C25H21N5O2/c31-24(28-21-12-18-4-1-2-5-19(18)13-21)17-7-9-23(10-8-17)30-16-22(15-27-30)29-25(32)20-6-3-11-26-14-20/h1-11,14-16,21H,12-13H2,(H,28,31)(H,29,32). The summed E-state index contributed by atoms with van der Waals surface area (Å²) in [6.45, 7) is 0. The summed E-state index contributed by atoms with van der Waals surface area (Å²) in [5.41, 5.74) is 5.04. The molecule has 32 heavy (non-hydrogen) atoms. The van der Waals surface area contributed by atoms with Gasteiger partial charge < -0.3 is 10.6 Å². The molecule has 4 aromatic rings. The second kappa shape index (κ2) is 8.47. The number of hydrogen-bond donors (Lipinski definition) is 2. The Morgan fingerprint density at radius 2 is 1.59 bits per heavy atom. The number of nitrogens with one attached hydrogen (secondary N) is 2. The molecule has 0 radical (unpaired) electrons. The van der Waals surface area contributed by atoms with Gasteiger partial charge in [0.05, 0.1) is 29.3 Å². The van der Waals surface area contributed by atoms with Gasteiger partial charge in [-0.1, -0.05) is 24.3 Å². The molecule has 0 saturated heterocycles. The van der Waals surface area contributed by atoms with Crippen molar-refractivity contribution in [3.8, 4) is 5.69 Å². The lowest BCUT2D eigenvalue weighted by Crippen LogP contribution is -2.35. The van der Waals surface area contributed by atoms with Gasteiger partial charge in [-0.05, 0) is 60.4 Å². The molecule has 0 bridgehead atoms. The van der Waals surface area contributed by atoms with Crippen LogP contribution in [0.25, 0.3) is 5.69 Å². The molecule has 0 unspecified atom stereocenters. The molecule has 0 saturated carbocycles. The van der Waals surface area contributed by atoms with Crippen LogP contribution in [0.15, 0.2) is 85.5 Å². The summed E-state index contributed by atoms with van der Waals surface area (Å²) >= 11 is 0. The second-order valence-electron chi connectivity index (χ2n) is 7.76. The van der Waals surface area contributed by atoms with E-state index in [0.717, 1.165) is 18.5 Å². The first-order valence-electron chi connectivity index (χ1n) is 10.4. The molecule has 7 nitrogen and oxygen atoms in total. The maximum Gasteiger partial charge on any atom is 0.257 e. The molecule has 7 heteroatoms. The number of aromatic nitrogens is 3. The zero-order valence-corrected chi connectivity index (χ0v) is 17.2. The number of carbonyl (C=O) groups excluding carboxylic acids is 2. The Morgan fingerprint density at radius 3 is 2.28 bits per heavy atom. The van der Waals surface area contributed by atoms with Gasteiger partial charge in [0.1, 0.15) is 0 Å². The molecule has 2 N–H and O–H groups in total. The van der Waals surface area contributed by atoms with Crippen molar-refractivity contribution in [1.29, 1.82) is 0 Å². The summed E-state index contributed by atoms with van der Waals surface area (Å²) < 4.78 is 1.65. The van der Waals surface area contributed by atoms with Crippen molar-refractivity contribution in [2.24, 2.45) is 0 Å². The Hall–Kier alpha value is -4.26. The number of nitrogens with zero attached hydrogens (tertiary/aromatic N) is 3. The minimum Gasteiger partial charge on any atom is -0.349 e. The van der Waals surface area contributed by atoms with Crippen LogP contribution in [0.2, 0.25) is 0 Å². The van der Waals surface area contributed by atoms with Crippen LogP contribution in [0.1, 0.15) is 31.8 Å². The summed E-state index contributed by atoms with van der Waals surface area (Å²) in [5.74, 6) is -0.335. The van der Waals surface area contributed by atoms with E-state index in [1.807, 2.05) is 24.3 Å². The quantitative estimate of drug-likeness (QED) is 0.515. The monoisotopic (exact) mass is 423 g/mol. The first-order chi connectivity index (χ1) is 15.7. The number of benzene rings is 2. The fraction of sp³-hybridized carbons (Fsp3) is 0.120. The van der Waals surface area contributed by atoms with Gasteiger partial charge in [0.15, 0.2) is 0 Å². The number of amides is 2. The normalized spacial score (nSPS) is 12.9. The number of fused-ring (bicyclic) bond motifs is 1. The van der Waals surface area contributed by atoms with E-state index in [1.54, 1.807) is 47.5 Å². The van der Waals surface area contributed by atoms with E-state index in [-0.39, 0.29) is 17.9 Å². The van der Waals surface area contributed by atoms with Gasteiger partial charge in [-0.2, -0.15) is 5.10 Å². The van der Waals surface area contributed by atoms with Crippen molar-refractivity contribution < 1.29 is 9.59 Å². The predicted molar refractivity (Wildman–Crippen MR) is 121 cm³/mol. The highest BCUT2D eigenvalue weighted by Crippen LogP contribution is 2.22. The molecule has 0 aliphatic heterocycles. The maximum atomic E-state index is 12.7. The van der Waals surface area contributed by atoms with Crippen molar-refractivity contribution in [1.82, 2.24) is 20.1 Å². The largest absolute Gasteiger partial charge is 0.349 e. The number of hydrogen-bond acceptors (Lipinski definition) is 4. The summed E-state index contributed by atoms with van der Waals surface area (Å²) in [4.78, 5) is 28.9. The average Bonchev–Trinajstić information content (AvgIpc) is 3.46. The van der Waals surface area contributed by atoms with E-state index in [4.69, 9.17) is 0 Å². The molecule has 2 heterocycles. The highest BCUT2D eigenvalue weighted by Gasteiger charge is 2.22. The Morgan fingerprint density at radius 1 is 0.844 bits per heavy atom. The Kier molecular flexibility index (Phi) is 5.21.